The fourth-order valence-corrected chi connectivity index (χ4v) is 1.40. The standard InChI is InChI=1S/C12H24N2O/c1-3-5-6-7-8-9-15-11-12(10-13)14-4-2/h12,14H,3-9,11H2,1-2H3. The van der Waals surface area contributed by atoms with Crippen molar-refractivity contribution >= 4 is 0 Å². The highest BCUT2D eigenvalue weighted by molar-refractivity contribution is 4.88. The van der Waals surface area contributed by atoms with Crippen molar-refractivity contribution in [3.05, 3.63) is 0 Å². The summed E-state index contributed by atoms with van der Waals surface area (Å²) < 4.78 is 5.43. The maximum Gasteiger partial charge on any atom is 0.119 e. The number of nitrogens with one attached hydrogen (secondary N) is 1. The third-order valence-corrected chi connectivity index (χ3v) is 2.28. The highest BCUT2D eigenvalue weighted by Crippen LogP contribution is 2.02. The Morgan fingerprint density at radius 2 is 1.93 bits per heavy atom. The number of likely N-dealkylation sites (N-methyl/N-ethyl adjacent to an activating group) is 1. The summed E-state index contributed by atoms with van der Waals surface area (Å²) >= 11 is 0. The Kier molecular flexibility index (Phi) is 11.0. The number of unbranched alkanes of at least 4 members (excludes halogenated alkanes) is 4. The normalized spacial score (nSPS) is 12.3. The number of rotatable bonds is 10. The summed E-state index contributed by atoms with van der Waals surface area (Å²) in [4.78, 5) is 0. The average molecular weight is 212 g/mol. The zero-order chi connectivity index (χ0) is 11.4. The summed E-state index contributed by atoms with van der Waals surface area (Å²) in [5.74, 6) is 0. The molecular weight excluding hydrogens is 188 g/mol. The summed E-state index contributed by atoms with van der Waals surface area (Å²) in [5, 5.41) is 11.8. The maximum absolute atomic E-state index is 8.74. The largest absolute Gasteiger partial charge is 0.379 e. The van der Waals surface area contributed by atoms with E-state index in [-0.39, 0.29) is 6.04 Å². The molecule has 0 rings (SSSR count). The van der Waals surface area contributed by atoms with E-state index in [1.54, 1.807) is 0 Å². The number of hydrogen-bond acceptors (Lipinski definition) is 3. The first-order chi connectivity index (χ1) is 7.35. The molecule has 1 unspecified atom stereocenters. The summed E-state index contributed by atoms with van der Waals surface area (Å²) in [6.45, 7) is 6.32. The van der Waals surface area contributed by atoms with Gasteiger partial charge in [0.05, 0.1) is 12.7 Å². The predicted octanol–water partition coefficient (Wildman–Crippen LogP) is 2.48. The van der Waals surface area contributed by atoms with Crippen molar-refractivity contribution in [1.82, 2.24) is 5.32 Å². The monoisotopic (exact) mass is 212 g/mol. The molecule has 0 heterocycles. The summed E-state index contributed by atoms with van der Waals surface area (Å²) in [7, 11) is 0. The highest BCUT2D eigenvalue weighted by Gasteiger charge is 2.03. The molecule has 1 atom stereocenters. The minimum atomic E-state index is -0.148. The van der Waals surface area contributed by atoms with Crippen LogP contribution in [0.15, 0.2) is 0 Å². The lowest BCUT2D eigenvalue weighted by atomic mass is 10.2. The summed E-state index contributed by atoms with van der Waals surface area (Å²) in [6, 6.07) is 2.03. The van der Waals surface area contributed by atoms with Crippen LogP contribution in [-0.2, 0) is 4.74 Å². The third-order valence-electron chi connectivity index (χ3n) is 2.28. The van der Waals surface area contributed by atoms with Gasteiger partial charge in [-0.3, -0.25) is 0 Å². The van der Waals surface area contributed by atoms with E-state index >= 15 is 0 Å². The molecule has 0 spiro atoms. The van der Waals surface area contributed by atoms with Crippen LogP contribution >= 0.6 is 0 Å². The molecule has 0 radical (unpaired) electrons. The van der Waals surface area contributed by atoms with Crippen LogP contribution in [0.4, 0.5) is 0 Å². The second-order valence-electron chi connectivity index (χ2n) is 3.73. The van der Waals surface area contributed by atoms with E-state index in [1.807, 2.05) is 6.92 Å². The van der Waals surface area contributed by atoms with Crippen molar-refractivity contribution in [2.45, 2.75) is 52.0 Å². The molecule has 0 amide bonds. The smallest absolute Gasteiger partial charge is 0.119 e. The first-order valence-electron chi connectivity index (χ1n) is 6.05. The highest BCUT2D eigenvalue weighted by atomic mass is 16.5. The third kappa shape index (κ3) is 9.71. The number of ether oxygens (including phenoxy) is 1. The summed E-state index contributed by atoms with van der Waals surface area (Å²) in [6.07, 6.45) is 6.25. The molecule has 0 aliphatic carbocycles. The van der Waals surface area contributed by atoms with Crippen LogP contribution in [0, 0.1) is 11.3 Å². The lowest BCUT2D eigenvalue weighted by Gasteiger charge is -2.10. The fraction of sp³-hybridized carbons (Fsp3) is 0.917. The molecule has 0 bridgehead atoms. The molecule has 3 heteroatoms. The first-order valence-corrected chi connectivity index (χ1v) is 6.05. The zero-order valence-corrected chi connectivity index (χ0v) is 10.1. The molecule has 0 saturated carbocycles. The van der Waals surface area contributed by atoms with Gasteiger partial charge >= 0.3 is 0 Å². The van der Waals surface area contributed by atoms with Crippen LogP contribution < -0.4 is 5.32 Å². The van der Waals surface area contributed by atoms with Gasteiger partial charge in [0, 0.05) is 6.61 Å². The van der Waals surface area contributed by atoms with E-state index in [2.05, 4.69) is 18.3 Å². The summed E-state index contributed by atoms with van der Waals surface area (Å²) in [5.41, 5.74) is 0. The second kappa shape index (κ2) is 11.5. The molecule has 1 N–H and O–H groups in total. The first kappa shape index (κ1) is 14.4. The van der Waals surface area contributed by atoms with E-state index in [0.29, 0.717) is 6.61 Å². The molecule has 0 aromatic carbocycles. The Balaban J connectivity index is 3.19. The Bertz CT molecular complexity index is 165. The quantitative estimate of drug-likeness (QED) is 0.566. The average Bonchev–Trinajstić information content (AvgIpc) is 2.26. The molecule has 0 saturated heterocycles. The van der Waals surface area contributed by atoms with E-state index in [9.17, 15) is 0 Å². The van der Waals surface area contributed by atoms with Crippen molar-refractivity contribution in [2.24, 2.45) is 0 Å². The number of hydrogen-bond donors (Lipinski definition) is 1. The van der Waals surface area contributed by atoms with Crippen LogP contribution in [0.2, 0.25) is 0 Å². The van der Waals surface area contributed by atoms with Gasteiger partial charge in [-0.05, 0) is 13.0 Å². The van der Waals surface area contributed by atoms with Gasteiger partial charge < -0.3 is 10.1 Å². The van der Waals surface area contributed by atoms with Gasteiger partial charge in [-0.15, -0.1) is 0 Å². The minimum Gasteiger partial charge on any atom is -0.379 e. The molecule has 0 aliphatic rings. The van der Waals surface area contributed by atoms with Crippen molar-refractivity contribution in [1.29, 1.82) is 5.26 Å². The number of nitrogens with zero attached hydrogens (tertiary/aromatic N) is 1. The maximum atomic E-state index is 8.74. The molecule has 0 aliphatic heterocycles. The van der Waals surface area contributed by atoms with Crippen molar-refractivity contribution in [2.75, 3.05) is 19.8 Å². The van der Waals surface area contributed by atoms with E-state index < -0.39 is 0 Å². The minimum absolute atomic E-state index is 0.148. The molecule has 0 fully saturated rings. The van der Waals surface area contributed by atoms with E-state index in [0.717, 1.165) is 19.6 Å². The topological polar surface area (TPSA) is 45.0 Å². The van der Waals surface area contributed by atoms with Crippen LogP contribution in [0.25, 0.3) is 0 Å². The Hall–Kier alpha value is -0.590. The number of nitriles is 1. The van der Waals surface area contributed by atoms with Gasteiger partial charge in [0.15, 0.2) is 0 Å². The second-order valence-corrected chi connectivity index (χ2v) is 3.73. The van der Waals surface area contributed by atoms with Crippen LogP contribution in [-0.4, -0.2) is 25.8 Å². The molecular formula is C12H24N2O. The van der Waals surface area contributed by atoms with Crippen molar-refractivity contribution < 1.29 is 4.74 Å². The lowest BCUT2D eigenvalue weighted by molar-refractivity contribution is 0.119. The van der Waals surface area contributed by atoms with Crippen LogP contribution in [0.5, 0.6) is 0 Å². The van der Waals surface area contributed by atoms with Gasteiger partial charge in [-0.1, -0.05) is 39.5 Å². The van der Waals surface area contributed by atoms with Crippen LogP contribution in [0.1, 0.15) is 46.0 Å². The Morgan fingerprint density at radius 1 is 1.20 bits per heavy atom. The van der Waals surface area contributed by atoms with Gasteiger partial charge in [0.1, 0.15) is 6.04 Å². The molecule has 15 heavy (non-hydrogen) atoms. The van der Waals surface area contributed by atoms with Crippen molar-refractivity contribution in [3.8, 4) is 6.07 Å². The molecule has 0 aromatic heterocycles. The lowest BCUT2D eigenvalue weighted by Crippen LogP contribution is -2.31. The van der Waals surface area contributed by atoms with E-state index in [4.69, 9.17) is 10.00 Å². The Morgan fingerprint density at radius 3 is 2.53 bits per heavy atom. The van der Waals surface area contributed by atoms with Gasteiger partial charge in [-0.2, -0.15) is 5.26 Å². The van der Waals surface area contributed by atoms with Crippen molar-refractivity contribution in [3.63, 3.8) is 0 Å². The Labute approximate surface area is 93.8 Å². The zero-order valence-electron chi connectivity index (χ0n) is 10.1. The predicted molar refractivity (Wildman–Crippen MR) is 62.7 cm³/mol. The fourth-order valence-electron chi connectivity index (χ4n) is 1.40. The van der Waals surface area contributed by atoms with E-state index in [1.165, 1.54) is 25.7 Å². The SMILES string of the molecule is CCCCCCCOCC(C#N)NCC. The van der Waals surface area contributed by atoms with Gasteiger partial charge in [0.2, 0.25) is 0 Å². The molecule has 3 nitrogen and oxygen atoms in total. The van der Waals surface area contributed by atoms with Gasteiger partial charge in [-0.25, -0.2) is 0 Å². The van der Waals surface area contributed by atoms with Gasteiger partial charge in [0.25, 0.3) is 0 Å². The molecule has 0 aromatic rings. The van der Waals surface area contributed by atoms with Crippen LogP contribution in [0.3, 0.4) is 0 Å². The molecule has 88 valence electrons.